The highest BCUT2D eigenvalue weighted by atomic mass is 15.2. The number of hydrogen-bond acceptors (Lipinski definition) is 2. The van der Waals surface area contributed by atoms with Gasteiger partial charge < -0.3 is 9.80 Å². The summed E-state index contributed by atoms with van der Waals surface area (Å²) < 4.78 is 0. The van der Waals surface area contributed by atoms with Crippen molar-refractivity contribution in [2.75, 3.05) is 9.80 Å². The van der Waals surface area contributed by atoms with Crippen LogP contribution in [0, 0.1) is 0 Å². The summed E-state index contributed by atoms with van der Waals surface area (Å²) in [7, 11) is 0. The Morgan fingerprint density at radius 3 is 0.948 bits per heavy atom. The molecule has 0 aromatic heterocycles. The molecule has 0 aliphatic carbocycles. The van der Waals surface area contributed by atoms with Crippen molar-refractivity contribution in [3.8, 4) is 11.1 Å². The monoisotopic (exact) mass is 748 g/mol. The van der Waals surface area contributed by atoms with E-state index in [2.05, 4.69) is 211 Å². The van der Waals surface area contributed by atoms with E-state index in [1.807, 2.05) is 0 Å². The van der Waals surface area contributed by atoms with Gasteiger partial charge in [-0.15, -0.1) is 0 Å². The molecular weight excluding hydrogens is 701 g/mol. The van der Waals surface area contributed by atoms with Gasteiger partial charge in [-0.1, -0.05) is 177 Å². The highest BCUT2D eigenvalue weighted by Crippen LogP contribution is 2.64. The third-order valence-corrected chi connectivity index (χ3v) is 15.0. The zero-order valence-electron chi connectivity index (χ0n) is 34.8. The number of hydrogen-bond donors (Lipinski definition) is 0. The summed E-state index contributed by atoms with van der Waals surface area (Å²) in [4.78, 5) is 5.24. The predicted octanol–water partition coefficient (Wildman–Crippen LogP) is 15.2. The van der Waals surface area contributed by atoms with E-state index in [-0.39, 0.29) is 21.7 Å². The van der Waals surface area contributed by atoms with Crippen LogP contribution in [0.25, 0.3) is 32.7 Å². The molecule has 4 aliphatic rings. The predicted molar refractivity (Wildman–Crippen MR) is 245 cm³/mol. The van der Waals surface area contributed by atoms with Gasteiger partial charge in [0, 0.05) is 32.4 Å². The second-order valence-electron chi connectivity index (χ2n) is 19.3. The Morgan fingerprint density at radius 2 is 0.569 bits per heavy atom. The van der Waals surface area contributed by atoms with E-state index < -0.39 is 0 Å². The first kappa shape index (κ1) is 34.0. The maximum absolute atomic E-state index is 2.62. The molecule has 12 rings (SSSR count). The topological polar surface area (TPSA) is 6.48 Å². The molecular formula is C56H48N2. The lowest BCUT2D eigenvalue weighted by Crippen LogP contribution is -2.38. The van der Waals surface area contributed by atoms with Crippen LogP contribution < -0.4 is 9.80 Å². The molecule has 0 spiro atoms. The minimum atomic E-state index is -0.249. The molecule has 58 heavy (non-hydrogen) atoms. The normalized spacial score (nSPS) is 17.8. The van der Waals surface area contributed by atoms with Gasteiger partial charge in [0.2, 0.25) is 0 Å². The van der Waals surface area contributed by atoms with Crippen molar-refractivity contribution in [3.63, 3.8) is 0 Å². The van der Waals surface area contributed by atoms with Crippen molar-refractivity contribution < 1.29 is 0 Å². The number of rotatable bonds is 1. The molecule has 8 aromatic carbocycles. The number of nitrogens with zero attached hydrogens (tertiary/aromatic N) is 2. The van der Waals surface area contributed by atoms with Crippen LogP contribution in [0.4, 0.5) is 34.1 Å². The van der Waals surface area contributed by atoms with Gasteiger partial charge in [-0.2, -0.15) is 0 Å². The zero-order chi connectivity index (χ0) is 39.7. The standard InChI is InChI=1S/C56H48N2/c1-53(2)39-23-13-15-29-47(39)57-49-35-21-11-9-19-33(35)37(31-45(49)55(5,6)43-27-17-25-41(53)51(43)57)38-32-46-50(36-22-12-10-20-34(36)38)58-48-30-16-14-24-40(48)54(3,4)42-26-18-28-44(52(42)58)56(46,7)8/h9-32H,1-8H3. The van der Waals surface area contributed by atoms with Crippen LogP contribution in [0.5, 0.6) is 0 Å². The molecule has 0 radical (unpaired) electrons. The molecule has 4 aliphatic heterocycles. The summed E-state index contributed by atoms with van der Waals surface area (Å²) in [6.45, 7) is 19.4. The first-order valence-corrected chi connectivity index (χ1v) is 21.0. The highest BCUT2D eigenvalue weighted by molar-refractivity contribution is 6.16. The molecule has 282 valence electrons. The molecule has 0 N–H and O–H groups in total. The van der Waals surface area contributed by atoms with Gasteiger partial charge in [0.15, 0.2) is 0 Å². The average molecular weight is 749 g/mol. The Labute approximate surface area is 342 Å². The van der Waals surface area contributed by atoms with E-state index in [1.165, 1.54) is 111 Å². The molecule has 0 fully saturated rings. The number of fused-ring (bicyclic) bond motifs is 12. The Balaban J connectivity index is 1.19. The lowest BCUT2D eigenvalue weighted by molar-refractivity contribution is 0.597. The second kappa shape index (κ2) is 10.9. The first-order chi connectivity index (χ1) is 27.8. The van der Waals surface area contributed by atoms with Gasteiger partial charge >= 0.3 is 0 Å². The van der Waals surface area contributed by atoms with Crippen LogP contribution in [0.2, 0.25) is 0 Å². The Morgan fingerprint density at radius 1 is 0.276 bits per heavy atom. The minimum absolute atomic E-state index is 0.124. The summed E-state index contributed by atoms with van der Waals surface area (Å²) in [6.07, 6.45) is 0. The summed E-state index contributed by atoms with van der Waals surface area (Å²) >= 11 is 0. The van der Waals surface area contributed by atoms with Crippen molar-refractivity contribution in [1.82, 2.24) is 0 Å². The maximum Gasteiger partial charge on any atom is 0.0581 e. The molecule has 0 saturated heterocycles. The van der Waals surface area contributed by atoms with Gasteiger partial charge in [-0.05, 0) is 90.7 Å². The fourth-order valence-electron chi connectivity index (χ4n) is 11.9. The van der Waals surface area contributed by atoms with Crippen molar-refractivity contribution in [2.45, 2.75) is 77.0 Å². The Bertz CT molecular complexity index is 2920. The van der Waals surface area contributed by atoms with Gasteiger partial charge in [0.1, 0.15) is 0 Å². The molecule has 2 heteroatoms. The molecule has 0 bridgehead atoms. The largest absolute Gasteiger partial charge is 0.309 e. The van der Waals surface area contributed by atoms with Crippen LogP contribution in [0.1, 0.15) is 99.9 Å². The number of anilines is 6. The minimum Gasteiger partial charge on any atom is -0.309 e. The van der Waals surface area contributed by atoms with Crippen LogP contribution in [0.3, 0.4) is 0 Å². The molecule has 0 atom stereocenters. The van der Waals surface area contributed by atoms with Crippen molar-refractivity contribution in [1.29, 1.82) is 0 Å². The highest BCUT2D eigenvalue weighted by Gasteiger charge is 2.48. The van der Waals surface area contributed by atoms with Crippen LogP contribution >= 0.6 is 0 Å². The van der Waals surface area contributed by atoms with Crippen LogP contribution in [-0.2, 0) is 21.7 Å². The number of para-hydroxylation sites is 4. The first-order valence-electron chi connectivity index (χ1n) is 21.0. The second-order valence-corrected chi connectivity index (χ2v) is 19.3. The number of benzene rings is 8. The third kappa shape index (κ3) is 3.94. The Kier molecular flexibility index (Phi) is 6.37. The quantitative estimate of drug-likeness (QED) is 0.165. The van der Waals surface area contributed by atoms with E-state index in [0.717, 1.165) is 0 Å². The summed E-state index contributed by atoms with van der Waals surface area (Å²) in [5, 5.41) is 5.15. The molecule has 0 amide bonds. The van der Waals surface area contributed by atoms with E-state index in [0.29, 0.717) is 0 Å². The lowest BCUT2D eigenvalue weighted by atomic mass is 9.65. The van der Waals surface area contributed by atoms with E-state index >= 15 is 0 Å². The maximum atomic E-state index is 2.62. The summed E-state index contributed by atoms with van der Waals surface area (Å²) in [5.41, 5.74) is 20.8. The van der Waals surface area contributed by atoms with Gasteiger partial charge in [-0.3, -0.25) is 0 Å². The molecule has 2 nitrogen and oxygen atoms in total. The lowest BCUT2D eigenvalue weighted by Gasteiger charge is -2.50. The SMILES string of the molecule is CC1(C)c2ccccc2N2c3c1cccc3C(C)(C)c1cc(-c3cc4c(c5ccccc35)N3c5ccccc5C(C)(C)c5cccc(c53)C4(C)C)c3ccccc3c12. The zero-order valence-corrected chi connectivity index (χ0v) is 34.8. The van der Waals surface area contributed by atoms with Gasteiger partial charge in [0.25, 0.3) is 0 Å². The molecule has 0 unspecified atom stereocenters. The third-order valence-electron chi connectivity index (χ3n) is 15.0. The van der Waals surface area contributed by atoms with Gasteiger partial charge in [0.05, 0.1) is 34.1 Å². The van der Waals surface area contributed by atoms with Crippen LogP contribution in [0.15, 0.2) is 146 Å². The van der Waals surface area contributed by atoms with Crippen molar-refractivity contribution >= 4 is 55.7 Å². The van der Waals surface area contributed by atoms with E-state index in [9.17, 15) is 0 Å². The molecule has 0 saturated carbocycles. The van der Waals surface area contributed by atoms with E-state index in [4.69, 9.17) is 0 Å². The molecule has 4 heterocycles. The van der Waals surface area contributed by atoms with Gasteiger partial charge in [-0.25, -0.2) is 0 Å². The molecule has 8 aromatic rings. The summed E-state index contributed by atoms with van der Waals surface area (Å²) in [6, 6.07) is 55.8. The average Bonchev–Trinajstić information content (AvgIpc) is 3.23. The van der Waals surface area contributed by atoms with E-state index in [1.54, 1.807) is 0 Å². The fourth-order valence-corrected chi connectivity index (χ4v) is 11.9. The fraction of sp³-hybridized carbons (Fsp3) is 0.214. The smallest absolute Gasteiger partial charge is 0.0581 e. The Hall–Kier alpha value is -6.12. The van der Waals surface area contributed by atoms with Crippen LogP contribution in [-0.4, -0.2) is 0 Å². The van der Waals surface area contributed by atoms with Crippen molar-refractivity contribution in [2.24, 2.45) is 0 Å². The van der Waals surface area contributed by atoms with Crippen molar-refractivity contribution in [3.05, 3.63) is 190 Å². The summed E-state index contributed by atoms with van der Waals surface area (Å²) in [5.74, 6) is 0.